The molecule has 2 saturated carbocycles. The Balaban J connectivity index is 1.37. The lowest BCUT2D eigenvalue weighted by atomic mass is 9.49. The second-order valence-electron chi connectivity index (χ2n) is 12.8. The van der Waals surface area contributed by atoms with Crippen molar-refractivity contribution in [2.45, 2.75) is 107 Å². The van der Waals surface area contributed by atoms with Gasteiger partial charge in [-0.3, -0.25) is 0 Å². The molecule has 0 amide bonds. The van der Waals surface area contributed by atoms with Crippen LogP contribution in [0.4, 0.5) is 0 Å². The molecule has 6 aliphatic rings. The largest absolute Gasteiger partial charge is 0.463 e. The minimum absolute atomic E-state index is 0.172. The highest BCUT2D eigenvalue weighted by molar-refractivity contribution is 5.82. The molecule has 5 fully saturated rings. The number of allylic oxidation sites excluding steroid dienone is 2. The van der Waals surface area contributed by atoms with Gasteiger partial charge in [-0.15, -0.1) is 0 Å². The van der Waals surface area contributed by atoms with Crippen molar-refractivity contribution < 1.29 is 53.3 Å². The number of aliphatic hydroxyl groups is 3. The van der Waals surface area contributed by atoms with Gasteiger partial charge in [0.2, 0.25) is 0 Å². The van der Waals surface area contributed by atoms with Crippen LogP contribution in [0.5, 0.6) is 0 Å². The SMILES string of the molecule is CC(O)C1C=C/C=C/C(=O)OC2CC3OC4C5OC5(C)C(O)CC4(COC(=O)C(O)C(C)CCO1)C2(C)C31CO1. The van der Waals surface area contributed by atoms with Crippen molar-refractivity contribution in [2.75, 3.05) is 19.8 Å². The van der Waals surface area contributed by atoms with E-state index in [0.717, 1.165) is 0 Å². The topological polar surface area (TPSA) is 157 Å². The summed E-state index contributed by atoms with van der Waals surface area (Å²) in [6, 6.07) is 0. The van der Waals surface area contributed by atoms with Crippen molar-refractivity contribution in [2.24, 2.45) is 16.7 Å². The van der Waals surface area contributed by atoms with Crippen LogP contribution in [0.2, 0.25) is 0 Å². The third-order valence-electron chi connectivity index (χ3n) is 10.7. The van der Waals surface area contributed by atoms with Crippen LogP contribution in [0.15, 0.2) is 24.3 Å². The van der Waals surface area contributed by atoms with Crippen LogP contribution in [0.3, 0.4) is 0 Å². The van der Waals surface area contributed by atoms with Crippen LogP contribution < -0.4 is 0 Å². The van der Waals surface area contributed by atoms with Crippen molar-refractivity contribution >= 4 is 11.9 Å². The van der Waals surface area contributed by atoms with E-state index in [-0.39, 0.29) is 25.7 Å². The van der Waals surface area contributed by atoms with Crippen LogP contribution >= 0.6 is 0 Å². The second-order valence-corrected chi connectivity index (χ2v) is 12.8. The molecule has 2 bridgehead atoms. The van der Waals surface area contributed by atoms with Gasteiger partial charge >= 0.3 is 11.9 Å². The Morgan fingerprint density at radius 2 is 1.82 bits per heavy atom. The minimum atomic E-state index is -1.41. The number of aliphatic hydroxyl groups excluding tert-OH is 3. The van der Waals surface area contributed by atoms with Gasteiger partial charge in [-0.05, 0) is 32.6 Å². The van der Waals surface area contributed by atoms with Crippen LogP contribution in [0, 0.1) is 16.7 Å². The van der Waals surface area contributed by atoms with E-state index in [2.05, 4.69) is 0 Å². The van der Waals surface area contributed by atoms with E-state index in [9.17, 15) is 24.9 Å². The van der Waals surface area contributed by atoms with Gasteiger partial charge in [-0.2, -0.15) is 0 Å². The van der Waals surface area contributed by atoms with Crippen LogP contribution in [-0.2, 0) is 38.0 Å². The second kappa shape index (κ2) is 9.58. The standard InChI is InChI=1S/C29H40O11/c1-15-9-10-35-17(16(2)30)7-5-6-8-21(32)38-19-11-20-29(14-37-29)27(19,4)28(13-36-25(34)22(15)33)12-18(31)26(3)23(40-26)24(28)39-20/h5-8,15-20,22-24,30-31,33H,9-14H2,1-4H3/b7-5?,8-6+. The molecular weight excluding hydrogens is 524 g/mol. The number of carbonyl (C=O) groups excluding carboxylic acids is 2. The third-order valence-corrected chi connectivity index (χ3v) is 10.7. The molecule has 0 aromatic carbocycles. The van der Waals surface area contributed by atoms with Gasteiger partial charge in [-0.25, -0.2) is 9.59 Å². The van der Waals surface area contributed by atoms with E-state index < -0.39 is 82.6 Å². The maximum Gasteiger partial charge on any atom is 0.335 e. The maximum absolute atomic E-state index is 13.2. The van der Waals surface area contributed by atoms with Gasteiger partial charge in [0.15, 0.2) is 6.10 Å². The third kappa shape index (κ3) is 3.96. The average Bonchev–Trinajstić information content (AvgIpc) is 3.82. The highest BCUT2D eigenvalue weighted by Crippen LogP contribution is 2.75. The number of hydrogen-bond acceptors (Lipinski definition) is 11. The highest BCUT2D eigenvalue weighted by Gasteiger charge is 2.87. The number of ether oxygens (including phenoxy) is 6. The molecular formula is C29H40O11. The predicted octanol–water partition coefficient (Wildman–Crippen LogP) is 0.575. The minimum Gasteiger partial charge on any atom is -0.463 e. The molecule has 13 unspecified atom stereocenters. The molecule has 2 aliphatic carbocycles. The van der Waals surface area contributed by atoms with Gasteiger partial charge in [0.05, 0.1) is 36.4 Å². The molecule has 4 aliphatic heterocycles. The molecule has 40 heavy (non-hydrogen) atoms. The molecule has 4 heterocycles. The van der Waals surface area contributed by atoms with E-state index in [1.54, 1.807) is 26.0 Å². The van der Waals surface area contributed by atoms with Crippen molar-refractivity contribution in [1.82, 2.24) is 0 Å². The summed E-state index contributed by atoms with van der Waals surface area (Å²) in [6.45, 7) is 7.54. The van der Waals surface area contributed by atoms with Crippen molar-refractivity contribution in [3.05, 3.63) is 24.3 Å². The highest BCUT2D eigenvalue weighted by atomic mass is 16.7. The first kappa shape index (κ1) is 28.3. The summed E-state index contributed by atoms with van der Waals surface area (Å²) in [5.74, 6) is -1.84. The lowest BCUT2D eigenvalue weighted by molar-refractivity contribution is -0.261. The fraction of sp³-hybridized carbons (Fsp3) is 0.793. The zero-order valence-corrected chi connectivity index (χ0v) is 23.4. The lowest BCUT2D eigenvalue weighted by Gasteiger charge is -2.59. The average molecular weight is 565 g/mol. The normalized spacial score (nSPS) is 53.8. The number of cyclic esters (lactones) is 1. The van der Waals surface area contributed by atoms with E-state index >= 15 is 0 Å². The molecule has 3 saturated heterocycles. The van der Waals surface area contributed by atoms with E-state index in [0.29, 0.717) is 19.4 Å². The Labute approximate surface area is 233 Å². The zero-order valence-electron chi connectivity index (χ0n) is 23.4. The number of esters is 2. The number of carbonyl (C=O) groups is 2. The van der Waals surface area contributed by atoms with Gasteiger partial charge < -0.3 is 43.7 Å². The molecule has 11 heteroatoms. The Bertz CT molecular complexity index is 1100. The predicted molar refractivity (Wildman–Crippen MR) is 137 cm³/mol. The maximum atomic E-state index is 13.2. The summed E-state index contributed by atoms with van der Waals surface area (Å²) in [6.07, 6.45) is 1.29. The zero-order chi connectivity index (χ0) is 28.7. The Kier molecular flexibility index (Phi) is 6.77. The van der Waals surface area contributed by atoms with Gasteiger partial charge in [-0.1, -0.05) is 32.1 Å². The molecule has 6 rings (SSSR count). The monoisotopic (exact) mass is 564 g/mol. The van der Waals surface area contributed by atoms with Crippen LogP contribution in [0.1, 0.15) is 47.0 Å². The summed E-state index contributed by atoms with van der Waals surface area (Å²) < 4.78 is 36.4. The Hall–Kier alpha value is -1.86. The molecule has 11 nitrogen and oxygen atoms in total. The number of rotatable bonds is 1. The fourth-order valence-corrected chi connectivity index (χ4v) is 7.77. The molecule has 0 aromatic rings. The number of epoxide rings is 2. The molecule has 3 N–H and O–H groups in total. The molecule has 0 aromatic heterocycles. The first-order valence-corrected chi connectivity index (χ1v) is 14.2. The van der Waals surface area contributed by atoms with Gasteiger partial charge in [0.25, 0.3) is 0 Å². The fourth-order valence-electron chi connectivity index (χ4n) is 7.77. The summed E-state index contributed by atoms with van der Waals surface area (Å²) in [7, 11) is 0. The van der Waals surface area contributed by atoms with E-state index in [1.807, 2.05) is 13.8 Å². The summed E-state index contributed by atoms with van der Waals surface area (Å²) in [5, 5.41) is 32.2. The van der Waals surface area contributed by atoms with Crippen molar-refractivity contribution in [3.63, 3.8) is 0 Å². The molecule has 222 valence electrons. The van der Waals surface area contributed by atoms with Crippen LogP contribution in [0.25, 0.3) is 0 Å². The summed E-state index contributed by atoms with van der Waals surface area (Å²) in [4.78, 5) is 26.2. The Morgan fingerprint density at radius 3 is 2.52 bits per heavy atom. The van der Waals surface area contributed by atoms with E-state index in [4.69, 9.17) is 28.4 Å². The first-order chi connectivity index (χ1) is 18.9. The first-order valence-electron chi connectivity index (χ1n) is 14.2. The van der Waals surface area contributed by atoms with Gasteiger partial charge in [0.1, 0.15) is 36.1 Å². The molecule has 13 atom stereocenters. The van der Waals surface area contributed by atoms with E-state index in [1.165, 1.54) is 12.2 Å². The molecule has 2 spiro atoms. The quantitative estimate of drug-likeness (QED) is 0.302. The number of fused-ring (bicyclic) bond motifs is 2. The van der Waals surface area contributed by atoms with Crippen molar-refractivity contribution in [3.8, 4) is 0 Å². The summed E-state index contributed by atoms with van der Waals surface area (Å²) >= 11 is 0. The lowest BCUT2D eigenvalue weighted by Crippen LogP contribution is -2.71. The number of hydrogen-bond donors (Lipinski definition) is 3. The Morgan fingerprint density at radius 1 is 1.07 bits per heavy atom. The van der Waals surface area contributed by atoms with Gasteiger partial charge in [0, 0.05) is 24.5 Å². The van der Waals surface area contributed by atoms with Crippen molar-refractivity contribution in [1.29, 1.82) is 0 Å². The molecule has 0 radical (unpaired) electrons. The smallest absolute Gasteiger partial charge is 0.335 e. The summed E-state index contributed by atoms with van der Waals surface area (Å²) in [5.41, 5.74) is -3.42. The van der Waals surface area contributed by atoms with Crippen LogP contribution in [-0.4, -0.2) is 107 Å².